The first-order chi connectivity index (χ1) is 19.4. The normalized spacial score (nSPS) is 18.6. The summed E-state index contributed by atoms with van der Waals surface area (Å²) in [5.41, 5.74) is 9.25. The molecule has 1 saturated heterocycles. The van der Waals surface area contributed by atoms with Crippen LogP contribution in [0.4, 0.5) is 0 Å². The molecule has 0 spiro atoms. The molecule has 210 valence electrons. The van der Waals surface area contributed by atoms with Crippen molar-refractivity contribution in [3.8, 4) is 16.9 Å². The maximum absolute atomic E-state index is 13.4. The van der Waals surface area contributed by atoms with Crippen LogP contribution < -0.4 is 16.0 Å². The van der Waals surface area contributed by atoms with Gasteiger partial charge in [0.05, 0.1) is 5.52 Å². The van der Waals surface area contributed by atoms with Crippen LogP contribution in [0.3, 0.4) is 0 Å². The minimum atomic E-state index is -0.209. The minimum absolute atomic E-state index is 0.0316. The topological polar surface area (TPSA) is 150 Å². The Kier molecular flexibility index (Phi) is 8.25. The third kappa shape index (κ3) is 5.77. The monoisotopic (exact) mass is 542 g/mol. The van der Waals surface area contributed by atoms with Crippen molar-refractivity contribution in [3.63, 3.8) is 0 Å². The van der Waals surface area contributed by atoms with Crippen molar-refractivity contribution in [3.05, 3.63) is 69.8 Å². The van der Waals surface area contributed by atoms with E-state index in [1.54, 1.807) is 12.1 Å². The molecule has 3 unspecified atom stereocenters. The standard InChI is InChI=1S/C30H38N8O2/c1-4-5-12-27(38-18(2)8-6-9-19(38)3)25-14-22(40-17-28-34-36-37-35-28)15-26-24(25)16-23(30(39)33-26)20-10-7-11-21(13-20)29(31)32/h7,10-11,13-16,18-19,27H,4-6,8-9,12,17H2,1-3H3,(H3,31,32)(H,33,39)(H,34,35,36,37). The van der Waals surface area contributed by atoms with E-state index in [4.69, 9.17) is 15.9 Å². The molecule has 2 aromatic heterocycles. The third-order valence-corrected chi connectivity index (χ3v) is 8.02. The average molecular weight is 543 g/mol. The zero-order valence-electron chi connectivity index (χ0n) is 23.4. The summed E-state index contributed by atoms with van der Waals surface area (Å²) in [6.45, 7) is 7.04. The number of nitrogens with two attached hydrogens (primary N) is 1. The Balaban J connectivity index is 1.68. The maximum Gasteiger partial charge on any atom is 0.256 e. The number of rotatable bonds is 10. The lowest BCUT2D eigenvalue weighted by molar-refractivity contribution is 0.0494. The minimum Gasteiger partial charge on any atom is -0.485 e. The van der Waals surface area contributed by atoms with Gasteiger partial charge in [0.2, 0.25) is 5.82 Å². The van der Waals surface area contributed by atoms with Gasteiger partial charge < -0.3 is 15.5 Å². The summed E-state index contributed by atoms with van der Waals surface area (Å²) >= 11 is 0. The van der Waals surface area contributed by atoms with Crippen LogP contribution in [-0.2, 0) is 6.61 Å². The molecule has 1 aliphatic heterocycles. The molecule has 5 N–H and O–H groups in total. The van der Waals surface area contributed by atoms with Crippen molar-refractivity contribution in [1.82, 2.24) is 30.5 Å². The molecule has 0 saturated carbocycles. The number of aromatic nitrogens is 5. The number of tetrazole rings is 1. The summed E-state index contributed by atoms with van der Waals surface area (Å²) in [4.78, 5) is 19.2. The molecule has 0 amide bonds. The van der Waals surface area contributed by atoms with Crippen molar-refractivity contribution < 1.29 is 4.74 Å². The van der Waals surface area contributed by atoms with Gasteiger partial charge in [-0.15, -0.1) is 10.2 Å². The molecule has 40 heavy (non-hydrogen) atoms. The molecule has 0 aliphatic carbocycles. The number of amidine groups is 1. The first-order valence-corrected chi connectivity index (χ1v) is 14.1. The molecule has 4 aromatic rings. The Morgan fingerprint density at radius 3 is 2.70 bits per heavy atom. The van der Waals surface area contributed by atoms with E-state index in [0.717, 1.165) is 41.3 Å². The number of ether oxygens (including phenoxy) is 1. The Labute approximate surface area is 233 Å². The summed E-state index contributed by atoms with van der Waals surface area (Å²) < 4.78 is 6.13. The Morgan fingerprint density at radius 2 is 2.00 bits per heavy atom. The fraction of sp³-hybridized carbons (Fsp3) is 0.433. The molecule has 1 aliphatic rings. The van der Waals surface area contributed by atoms with Gasteiger partial charge in [-0.05, 0) is 62.4 Å². The number of aromatic amines is 2. The number of likely N-dealkylation sites (tertiary alicyclic amines) is 1. The average Bonchev–Trinajstić information content (AvgIpc) is 3.46. The van der Waals surface area contributed by atoms with E-state index in [0.29, 0.717) is 34.8 Å². The van der Waals surface area contributed by atoms with Gasteiger partial charge in [0.25, 0.3) is 5.56 Å². The number of pyridine rings is 1. The highest BCUT2D eigenvalue weighted by molar-refractivity contribution is 5.96. The van der Waals surface area contributed by atoms with Gasteiger partial charge in [-0.2, -0.15) is 5.21 Å². The number of nitrogens with zero attached hydrogens (tertiary/aromatic N) is 4. The first-order valence-electron chi connectivity index (χ1n) is 14.1. The predicted molar refractivity (Wildman–Crippen MR) is 156 cm³/mol. The van der Waals surface area contributed by atoms with Crippen LogP contribution in [0.5, 0.6) is 5.75 Å². The van der Waals surface area contributed by atoms with Crippen molar-refractivity contribution in [2.24, 2.45) is 5.73 Å². The van der Waals surface area contributed by atoms with Crippen LogP contribution in [0.2, 0.25) is 0 Å². The highest BCUT2D eigenvalue weighted by Crippen LogP contribution is 2.40. The number of hydrogen-bond acceptors (Lipinski definition) is 7. The zero-order chi connectivity index (χ0) is 28.2. The number of benzene rings is 2. The van der Waals surface area contributed by atoms with Crippen molar-refractivity contribution in [1.29, 1.82) is 5.41 Å². The van der Waals surface area contributed by atoms with Crippen LogP contribution in [0.25, 0.3) is 22.0 Å². The number of nitrogens with one attached hydrogen (secondary N) is 3. The van der Waals surface area contributed by atoms with E-state index in [-0.39, 0.29) is 24.0 Å². The molecule has 0 radical (unpaired) electrons. The van der Waals surface area contributed by atoms with Crippen LogP contribution >= 0.6 is 0 Å². The molecule has 3 heterocycles. The second-order valence-electron chi connectivity index (χ2n) is 10.8. The van der Waals surface area contributed by atoms with Gasteiger partial charge in [-0.1, -0.05) is 49.6 Å². The fourth-order valence-electron chi connectivity index (χ4n) is 6.05. The van der Waals surface area contributed by atoms with Crippen molar-refractivity contribution in [2.75, 3.05) is 0 Å². The molecule has 5 rings (SSSR count). The number of unbranched alkanes of at least 4 members (excludes halogenated alkanes) is 1. The predicted octanol–water partition coefficient (Wildman–Crippen LogP) is 5.07. The van der Waals surface area contributed by atoms with Gasteiger partial charge in [0, 0.05) is 40.7 Å². The lowest BCUT2D eigenvalue weighted by atomic mass is 9.88. The molecule has 0 bridgehead atoms. The van der Waals surface area contributed by atoms with Gasteiger partial charge >= 0.3 is 0 Å². The van der Waals surface area contributed by atoms with Gasteiger partial charge in [0.15, 0.2) is 6.61 Å². The lowest BCUT2D eigenvalue weighted by Crippen LogP contribution is -2.46. The van der Waals surface area contributed by atoms with E-state index in [2.05, 4.69) is 57.3 Å². The molecule has 2 aromatic carbocycles. The zero-order valence-corrected chi connectivity index (χ0v) is 23.4. The number of hydrogen-bond donors (Lipinski definition) is 4. The summed E-state index contributed by atoms with van der Waals surface area (Å²) in [5, 5.41) is 22.9. The number of nitrogen functional groups attached to an aromatic ring is 1. The van der Waals surface area contributed by atoms with E-state index in [1.807, 2.05) is 24.3 Å². The second-order valence-corrected chi connectivity index (χ2v) is 10.8. The SMILES string of the molecule is CCCCC(c1cc(OCc2nn[nH]n2)cc2[nH]c(=O)c(-c3cccc(C(=N)N)c3)cc12)N1C(C)CCCC1C. The van der Waals surface area contributed by atoms with Gasteiger partial charge in [-0.25, -0.2) is 0 Å². The van der Waals surface area contributed by atoms with Crippen LogP contribution in [0.15, 0.2) is 47.3 Å². The quantitative estimate of drug-likeness (QED) is 0.161. The molecule has 10 heteroatoms. The summed E-state index contributed by atoms with van der Waals surface area (Å²) in [7, 11) is 0. The van der Waals surface area contributed by atoms with Gasteiger partial charge in [-0.3, -0.25) is 15.1 Å². The number of fused-ring (bicyclic) bond motifs is 1. The molecular formula is C30H38N8O2. The molecule has 1 fully saturated rings. The van der Waals surface area contributed by atoms with Crippen LogP contribution in [-0.4, -0.2) is 48.4 Å². The van der Waals surface area contributed by atoms with Crippen molar-refractivity contribution in [2.45, 2.75) is 84.0 Å². The Morgan fingerprint density at radius 1 is 1.20 bits per heavy atom. The second kappa shape index (κ2) is 12.0. The molecule has 10 nitrogen and oxygen atoms in total. The smallest absolute Gasteiger partial charge is 0.256 e. The first kappa shape index (κ1) is 27.5. The Hall–Kier alpha value is -4.05. The number of piperidine rings is 1. The third-order valence-electron chi connectivity index (χ3n) is 8.02. The van der Waals surface area contributed by atoms with Crippen LogP contribution in [0.1, 0.15) is 82.3 Å². The molecule has 3 atom stereocenters. The summed E-state index contributed by atoms with van der Waals surface area (Å²) in [5.74, 6) is 1.07. The van der Waals surface area contributed by atoms with Crippen LogP contribution in [0, 0.1) is 5.41 Å². The fourth-order valence-corrected chi connectivity index (χ4v) is 6.05. The van der Waals surface area contributed by atoms with E-state index in [9.17, 15) is 4.79 Å². The van der Waals surface area contributed by atoms with Gasteiger partial charge in [0.1, 0.15) is 11.6 Å². The highest BCUT2D eigenvalue weighted by atomic mass is 16.5. The number of H-pyrrole nitrogens is 2. The van der Waals surface area contributed by atoms with Crippen molar-refractivity contribution >= 4 is 16.7 Å². The maximum atomic E-state index is 13.4. The summed E-state index contributed by atoms with van der Waals surface area (Å²) in [6.07, 6.45) is 6.75. The van der Waals surface area contributed by atoms with E-state index < -0.39 is 0 Å². The largest absolute Gasteiger partial charge is 0.485 e. The lowest BCUT2D eigenvalue weighted by Gasteiger charge is -2.45. The molecular weight excluding hydrogens is 504 g/mol. The highest BCUT2D eigenvalue weighted by Gasteiger charge is 2.33. The Bertz CT molecular complexity index is 1520. The van der Waals surface area contributed by atoms with E-state index >= 15 is 0 Å². The summed E-state index contributed by atoms with van der Waals surface area (Å²) in [6, 6.07) is 14.3. The van der Waals surface area contributed by atoms with E-state index in [1.165, 1.54) is 19.3 Å².